The van der Waals surface area contributed by atoms with Crippen LogP contribution < -0.4 is 0 Å². The van der Waals surface area contributed by atoms with Crippen molar-refractivity contribution in [2.24, 2.45) is 5.16 Å². The van der Waals surface area contributed by atoms with Gasteiger partial charge in [0.2, 0.25) is 0 Å². The van der Waals surface area contributed by atoms with Gasteiger partial charge in [-0.15, -0.1) is 0 Å². The smallest absolute Gasteiger partial charge is 0.158 e. The molecule has 108 valence electrons. The largest absolute Gasteiger partial charge is 0.387 e. The Hall–Kier alpha value is -2.13. The van der Waals surface area contributed by atoms with E-state index in [1.54, 1.807) is 0 Å². The van der Waals surface area contributed by atoms with Gasteiger partial charge >= 0.3 is 0 Å². The summed E-state index contributed by atoms with van der Waals surface area (Å²) in [5, 5.41) is 6.80. The van der Waals surface area contributed by atoms with Gasteiger partial charge in [-0.3, -0.25) is 0 Å². The maximum absolute atomic E-state index is 5.67. The fourth-order valence-corrected chi connectivity index (χ4v) is 3.13. The minimum Gasteiger partial charge on any atom is -0.387 e. The van der Waals surface area contributed by atoms with Gasteiger partial charge in [0.1, 0.15) is 0 Å². The van der Waals surface area contributed by atoms with Crippen LogP contribution in [0.5, 0.6) is 0 Å². The van der Waals surface area contributed by atoms with Gasteiger partial charge in [-0.2, -0.15) is 0 Å². The first-order valence-electron chi connectivity index (χ1n) is 7.27. The lowest BCUT2D eigenvalue weighted by Gasteiger charge is -2.08. The van der Waals surface area contributed by atoms with Crippen LogP contribution in [0.2, 0.25) is 0 Å². The highest BCUT2D eigenvalue weighted by molar-refractivity contribution is 9.10. The molecule has 0 saturated heterocycles. The Kier molecular flexibility index (Phi) is 3.43. The molecule has 0 spiro atoms. The van der Waals surface area contributed by atoms with Crippen LogP contribution in [0.4, 0.5) is 0 Å². The maximum atomic E-state index is 5.67. The molecule has 1 aliphatic heterocycles. The second-order valence-electron chi connectivity index (χ2n) is 5.41. The SMILES string of the molecule is Brc1ccc(C2CC(c3cccc4ccccc34)=NO2)cc1. The Morgan fingerprint density at radius 3 is 2.55 bits per heavy atom. The minimum atomic E-state index is 0.00192. The summed E-state index contributed by atoms with van der Waals surface area (Å²) >= 11 is 3.46. The average Bonchev–Trinajstić information content (AvgIpc) is 3.05. The van der Waals surface area contributed by atoms with Crippen molar-refractivity contribution in [2.45, 2.75) is 12.5 Å². The summed E-state index contributed by atoms with van der Waals surface area (Å²) in [6.45, 7) is 0. The zero-order valence-corrected chi connectivity index (χ0v) is 13.5. The summed E-state index contributed by atoms with van der Waals surface area (Å²) in [4.78, 5) is 5.67. The number of hydrogen-bond acceptors (Lipinski definition) is 2. The van der Waals surface area contributed by atoms with Crippen LogP contribution in [0.25, 0.3) is 10.8 Å². The van der Waals surface area contributed by atoms with Gasteiger partial charge in [-0.1, -0.05) is 75.7 Å². The predicted octanol–water partition coefficient (Wildman–Crippen LogP) is 5.47. The molecule has 2 nitrogen and oxygen atoms in total. The van der Waals surface area contributed by atoms with E-state index in [0.717, 1.165) is 27.7 Å². The summed E-state index contributed by atoms with van der Waals surface area (Å²) in [6.07, 6.45) is 0.803. The molecule has 0 aromatic heterocycles. The van der Waals surface area contributed by atoms with Gasteiger partial charge in [-0.25, -0.2) is 0 Å². The molecular formula is C19H14BrNO. The summed E-state index contributed by atoms with van der Waals surface area (Å²) in [5.41, 5.74) is 3.34. The first kappa shape index (κ1) is 13.5. The van der Waals surface area contributed by atoms with E-state index in [4.69, 9.17) is 4.84 Å². The van der Waals surface area contributed by atoms with Crippen molar-refractivity contribution in [2.75, 3.05) is 0 Å². The Labute approximate surface area is 137 Å². The Balaban J connectivity index is 1.66. The van der Waals surface area contributed by atoms with E-state index in [2.05, 4.69) is 75.7 Å². The number of rotatable bonds is 2. The highest BCUT2D eigenvalue weighted by atomic mass is 79.9. The van der Waals surface area contributed by atoms with Gasteiger partial charge in [-0.05, 0) is 28.5 Å². The van der Waals surface area contributed by atoms with Gasteiger partial charge in [0.05, 0.1) is 5.71 Å². The zero-order chi connectivity index (χ0) is 14.9. The van der Waals surface area contributed by atoms with Crippen LogP contribution in [0.3, 0.4) is 0 Å². The van der Waals surface area contributed by atoms with Crippen molar-refractivity contribution in [3.05, 3.63) is 82.3 Å². The van der Waals surface area contributed by atoms with E-state index in [0.29, 0.717) is 0 Å². The zero-order valence-electron chi connectivity index (χ0n) is 11.9. The maximum Gasteiger partial charge on any atom is 0.158 e. The fraction of sp³-hybridized carbons (Fsp3) is 0.105. The number of oxime groups is 1. The average molecular weight is 352 g/mol. The normalized spacial score (nSPS) is 17.3. The Morgan fingerprint density at radius 1 is 0.909 bits per heavy atom. The lowest BCUT2D eigenvalue weighted by Crippen LogP contribution is -2.02. The van der Waals surface area contributed by atoms with Crippen molar-refractivity contribution in [3.8, 4) is 0 Å². The topological polar surface area (TPSA) is 21.6 Å². The number of halogens is 1. The molecule has 0 amide bonds. The molecule has 0 saturated carbocycles. The molecule has 22 heavy (non-hydrogen) atoms. The Bertz CT molecular complexity index is 849. The second-order valence-corrected chi connectivity index (χ2v) is 6.33. The van der Waals surface area contributed by atoms with E-state index in [-0.39, 0.29) is 6.10 Å². The van der Waals surface area contributed by atoms with Crippen LogP contribution in [0.15, 0.2) is 76.4 Å². The van der Waals surface area contributed by atoms with Crippen LogP contribution in [0.1, 0.15) is 23.7 Å². The van der Waals surface area contributed by atoms with E-state index < -0.39 is 0 Å². The first-order valence-corrected chi connectivity index (χ1v) is 8.07. The molecule has 1 atom stereocenters. The number of nitrogens with zero attached hydrogens (tertiary/aromatic N) is 1. The number of fused-ring (bicyclic) bond motifs is 1. The minimum absolute atomic E-state index is 0.00192. The van der Waals surface area contributed by atoms with Gasteiger partial charge in [0.25, 0.3) is 0 Å². The van der Waals surface area contributed by atoms with E-state index in [1.165, 1.54) is 10.8 Å². The first-order chi connectivity index (χ1) is 10.8. The molecule has 3 aromatic rings. The van der Waals surface area contributed by atoms with Crippen LogP contribution in [0, 0.1) is 0 Å². The lowest BCUT2D eigenvalue weighted by molar-refractivity contribution is 0.0857. The third kappa shape index (κ3) is 2.42. The number of benzene rings is 3. The second kappa shape index (κ2) is 5.58. The van der Waals surface area contributed by atoms with Crippen molar-refractivity contribution in [1.82, 2.24) is 0 Å². The molecule has 0 bridgehead atoms. The van der Waals surface area contributed by atoms with Crippen molar-refractivity contribution >= 4 is 32.4 Å². The van der Waals surface area contributed by atoms with Gasteiger partial charge in [0.15, 0.2) is 6.10 Å². The summed E-state index contributed by atoms with van der Waals surface area (Å²) in [7, 11) is 0. The highest BCUT2D eigenvalue weighted by Gasteiger charge is 2.24. The van der Waals surface area contributed by atoms with E-state index in [1.807, 2.05) is 12.1 Å². The lowest BCUT2D eigenvalue weighted by atomic mass is 9.96. The molecule has 0 fully saturated rings. The molecule has 0 aliphatic carbocycles. The standard InChI is InChI=1S/C19H14BrNO/c20-15-10-8-14(9-11-15)19-12-18(21-22-19)17-7-3-5-13-4-1-2-6-16(13)17/h1-11,19H,12H2. The monoisotopic (exact) mass is 351 g/mol. The molecule has 1 unspecified atom stereocenters. The fourth-order valence-electron chi connectivity index (χ4n) is 2.87. The van der Waals surface area contributed by atoms with Crippen LogP contribution >= 0.6 is 15.9 Å². The molecular weight excluding hydrogens is 338 g/mol. The van der Waals surface area contributed by atoms with Crippen molar-refractivity contribution in [1.29, 1.82) is 0 Å². The van der Waals surface area contributed by atoms with Gasteiger partial charge < -0.3 is 4.84 Å². The molecule has 0 radical (unpaired) electrons. The molecule has 1 heterocycles. The van der Waals surface area contributed by atoms with Crippen LogP contribution in [-0.4, -0.2) is 5.71 Å². The third-order valence-electron chi connectivity index (χ3n) is 4.01. The van der Waals surface area contributed by atoms with Crippen LogP contribution in [-0.2, 0) is 4.84 Å². The van der Waals surface area contributed by atoms with Gasteiger partial charge in [0, 0.05) is 16.5 Å². The highest BCUT2D eigenvalue weighted by Crippen LogP contribution is 2.32. The van der Waals surface area contributed by atoms with Crippen molar-refractivity contribution in [3.63, 3.8) is 0 Å². The summed E-state index contributed by atoms with van der Waals surface area (Å²) in [5.74, 6) is 0. The Morgan fingerprint density at radius 2 is 1.68 bits per heavy atom. The molecule has 1 aliphatic rings. The third-order valence-corrected chi connectivity index (χ3v) is 4.54. The van der Waals surface area contributed by atoms with E-state index in [9.17, 15) is 0 Å². The van der Waals surface area contributed by atoms with Crippen molar-refractivity contribution < 1.29 is 4.84 Å². The molecule has 3 heteroatoms. The molecule has 4 rings (SSSR count). The molecule has 0 N–H and O–H groups in total. The van der Waals surface area contributed by atoms with E-state index >= 15 is 0 Å². The summed E-state index contributed by atoms with van der Waals surface area (Å²) in [6, 6.07) is 22.9. The predicted molar refractivity (Wildman–Crippen MR) is 93.1 cm³/mol. The summed E-state index contributed by atoms with van der Waals surface area (Å²) < 4.78 is 1.07. The quantitative estimate of drug-likeness (QED) is 0.599. The number of hydrogen-bond donors (Lipinski definition) is 0. The molecule has 3 aromatic carbocycles.